The molecule has 0 fully saturated rings. The van der Waals surface area contributed by atoms with E-state index in [1.54, 1.807) is 5.32 Å². The third-order valence-electron chi connectivity index (χ3n) is 6.28. The van der Waals surface area contributed by atoms with Gasteiger partial charge in [-0.3, -0.25) is 9.59 Å². The molecule has 0 heterocycles. The molecule has 0 saturated heterocycles. The normalized spacial score (nSPS) is 13.9. The molecule has 240 valence electrons. The molecule has 45 heavy (non-hydrogen) atoms. The van der Waals surface area contributed by atoms with Gasteiger partial charge in [0.15, 0.2) is 0 Å². The second-order valence-electron chi connectivity index (χ2n) is 9.06. The van der Waals surface area contributed by atoms with Gasteiger partial charge in [0.05, 0.1) is 22.9 Å². The van der Waals surface area contributed by atoms with E-state index in [-0.39, 0.29) is 22.3 Å². The Morgan fingerprint density at radius 3 is 1.91 bits per heavy atom. The summed E-state index contributed by atoms with van der Waals surface area (Å²) in [5.74, 6) is -9.33. The zero-order valence-corrected chi connectivity index (χ0v) is 23.5. The fourth-order valence-corrected chi connectivity index (χ4v) is 4.72. The summed E-state index contributed by atoms with van der Waals surface area (Å²) in [5.41, 5.74) is -13.8. The number of nitrogens with zero attached hydrogens (tertiary/aromatic N) is 1. The number of hydrogen-bond acceptors (Lipinski definition) is 3. The van der Waals surface area contributed by atoms with Gasteiger partial charge in [0.1, 0.15) is 0 Å². The lowest BCUT2D eigenvalue weighted by Gasteiger charge is -2.36. The first-order chi connectivity index (χ1) is 20.5. The number of benzene rings is 3. The fourth-order valence-electron chi connectivity index (χ4n) is 4.16. The molecule has 0 spiro atoms. The van der Waals surface area contributed by atoms with Crippen LogP contribution in [0.3, 0.4) is 0 Å². The van der Waals surface area contributed by atoms with Crippen LogP contribution in [0.5, 0.6) is 0 Å². The Hall–Kier alpha value is -4.27. The summed E-state index contributed by atoms with van der Waals surface area (Å²) in [5, 5.41) is 13.5. The molecular formula is C27H14BrF12N3O2. The molecular weight excluding hydrogens is 706 g/mol. The average molecular weight is 720 g/mol. The second kappa shape index (κ2) is 11.9. The number of halogens is 13. The maximum atomic E-state index is 15.0. The second-order valence-corrected chi connectivity index (χ2v) is 9.92. The van der Waals surface area contributed by atoms with E-state index in [0.29, 0.717) is 0 Å². The summed E-state index contributed by atoms with van der Waals surface area (Å²) >= 11 is 2.32. The molecule has 0 bridgehead atoms. The number of amides is 2. The van der Waals surface area contributed by atoms with Crippen molar-refractivity contribution in [3.63, 3.8) is 0 Å². The third kappa shape index (κ3) is 6.30. The van der Waals surface area contributed by atoms with Crippen LogP contribution in [0.4, 0.5) is 58.4 Å². The SMILES string of the molecule is CNC(=O)c1cccc(C#N)c1-c1cccc(C(=O)Nc2c(Br)cc(C(F)(C(F)(F)F)C(F)(F)C(F)(F)F)cc2C(F)(F)F)c1. The average Bonchev–Trinajstić information content (AvgIpc) is 2.94. The summed E-state index contributed by atoms with van der Waals surface area (Å²) in [6.45, 7) is 0. The van der Waals surface area contributed by atoms with Gasteiger partial charge in [0, 0.05) is 33.8 Å². The molecule has 0 radical (unpaired) electrons. The number of nitrogens with one attached hydrogen (secondary N) is 2. The molecule has 5 nitrogen and oxygen atoms in total. The van der Waals surface area contributed by atoms with Crippen molar-refractivity contribution in [2.24, 2.45) is 0 Å². The molecule has 0 saturated carbocycles. The minimum absolute atomic E-state index is 0.00698. The maximum Gasteiger partial charge on any atom is 0.457 e. The molecule has 1 unspecified atom stereocenters. The highest BCUT2D eigenvalue weighted by atomic mass is 79.9. The number of nitriles is 1. The Bertz CT molecular complexity index is 1690. The minimum atomic E-state index is -7.25. The van der Waals surface area contributed by atoms with Gasteiger partial charge in [-0.25, -0.2) is 4.39 Å². The van der Waals surface area contributed by atoms with Gasteiger partial charge in [-0.15, -0.1) is 0 Å². The molecule has 18 heteroatoms. The molecule has 0 aromatic heterocycles. The van der Waals surface area contributed by atoms with Crippen LogP contribution in [0.1, 0.15) is 37.4 Å². The highest BCUT2D eigenvalue weighted by Crippen LogP contribution is 2.59. The van der Waals surface area contributed by atoms with E-state index in [0.717, 1.165) is 12.1 Å². The van der Waals surface area contributed by atoms with E-state index in [1.807, 2.05) is 6.07 Å². The van der Waals surface area contributed by atoms with Crippen LogP contribution in [-0.4, -0.2) is 37.1 Å². The first-order valence-electron chi connectivity index (χ1n) is 11.8. The van der Waals surface area contributed by atoms with Crippen LogP contribution >= 0.6 is 15.9 Å². The van der Waals surface area contributed by atoms with Gasteiger partial charge in [-0.2, -0.15) is 53.6 Å². The zero-order valence-electron chi connectivity index (χ0n) is 21.9. The number of carbonyl (C=O) groups is 2. The Morgan fingerprint density at radius 1 is 0.800 bits per heavy atom. The lowest BCUT2D eigenvalue weighted by molar-refractivity contribution is -0.389. The summed E-state index contributed by atoms with van der Waals surface area (Å²) < 4.78 is 162. The molecule has 3 rings (SSSR count). The summed E-state index contributed by atoms with van der Waals surface area (Å²) in [6.07, 6.45) is -20.1. The molecule has 3 aromatic rings. The van der Waals surface area contributed by atoms with Gasteiger partial charge >= 0.3 is 30.1 Å². The van der Waals surface area contributed by atoms with Crippen LogP contribution in [0.15, 0.2) is 59.1 Å². The molecule has 0 aliphatic carbocycles. The van der Waals surface area contributed by atoms with Crippen LogP contribution in [-0.2, 0) is 11.8 Å². The first kappa shape index (κ1) is 35.2. The van der Waals surface area contributed by atoms with Gasteiger partial charge < -0.3 is 10.6 Å². The van der Waals surface area contributed by atoms with Crippen molar-refractivity contribution in [2.75, 3.05) is 12.4 Å². The lowest BCUT2D eigenvalue weighted by atomic mass is 9.86. The van der Waals surface area contributed by atoms with Crippen molar-refractivity contribution in [3.8, 4) is 17.2 Å². The number of hydrogen-bond donors (Lipinski definition) is 2. The Labute approximate surface area is 252 Å². The number of carbonyl (C=O) groups excluding carboxylic acids is 2. The van der Waals surface area contributed by atoms with E-state index in [9.17, 15) is 67.5 Å². The van der Waals surface area contributed by atoms with Crippen LogP contribution in [0.2, 0.25) is 0 Å². The summed E-state index contributed by atoms with van der Waals surface area (Å²) in [7, 11) is 1.28. The largest absolute Gasteiger partial charge is 0.457 e. The van der Waals surface area contributed by atoms with Crippen molar-refractivity contribution < 1.29 is 62.3 Å². The van der Waals surface area contributed by atoms with Crippen molar-refractivity contribution in [1.82, 2.24) is 5.32 Å². The van der Waals surface area contributed by atoms with Crippen LogP contribution in [0, 0.1) is 11.3 Å². The molecule has 1 atom stereocenters. The van der Waals surface area contributed by atoms with Crippen LogP contribution < -0.4 is 10.6 Å². The number of rotatable bonds is 6. The smallest absolute Gasteiger partial charge is 0.355 e. The van der Waals surface area contributed by atoms with E-state index in [4.69, 9.17) is 0 Å². The van der Waals surface area contributed by atoms with Crippen molar-refractivity contribution in [1.29, 1.82) is 5.26 Å². The van der Waals surface area contributed by atoms with Gasteiger partial charge in [0.25, 0.3) is 11.8 Å². The minimum Gasteiger partial charge on any atom is -0.355 e. The Balaban J connectivity index is 2.19. The molecule has 2 amide bonds. The maximum absolute atomic E-state index is 15.0. The summed E-state index contributed by atoms with van der Waals surface area (Å²) in [4.78, 5) is 25.4. The molecule has 0 aliphatic rings. The Morgan fingerprint density at radius 2 is 1.40 bits per heavy atom. The lowest BCUT2D eigenvalue weighted by Crippen LogP contribution is -2.59. The van der Waals surface area contributed by atoms with E-state index >= 15 is 0 Å². The predicted molar refractivity (Wildman–Crippen MR) is 137 cm³/mol. The first-order valence-corrected chi connectivity index (χ1v) is 12.6. The van der Waals surface area contributed by atoms with Gasteiger partial charge in [0.2, 0.25) is 0 Å². The topological polar surface area (TPSA) is 82.0 Å². The fraction of sp³-hybridized carbons (Fsp3) is 0.222. The molecule has 3 aromatic carbocycles. The van der Waals surface area contributed by atoms with Crippen LogP contribution in [0.25, 0.3) is 11.1 Å². The van der Waals surface area contributed by atoms with Crippen molar-refractivity contribution in [2.45, 2.75) is 30.1 Å². The van der Waals surface area contributed by atoms with E-state index in [2.05, 4.69) is 21.2 Å². The van der Waals surface area contributed by atoms with Gasteiger partial charge in [-0.05, 0) is 57.9 Å². The molecule has 2 N–H and O–H groups in total. The monoisotopic (exact) mass is 719 g/mol. The highest BCUT2D eigenvalue weighted by Gasteiger charge is 2.82. The van der Waals surface area contributed by atoms with E-state index in [1.165, 1.54) is 37.4 Å². The summed E-state index contributed by atoms with van der Waals surface area (Å²) in [6, 6.07) is 9.10. The highest BCUT2D eigenvalue weighted by molar-refractivity contribution is 9.10. The number of anilines is 1. The van der Waals surface area contributed by atoms with Crippen molar-refractivity contribution in [3.05, 3.63) is 86.9 Å². The number of alkyl halides is 12. The quantitative estimate of drug-likeness (QED) is 0.251. The van der Waals surface area contributed by atoms with E-state index < -0.39 is 80.9 Å². The Kier molecular flexibility index (Phi) is 9.32. The third-order valence-corrected chi connectivity index (χ3v) is 6.91. The van der Waals surface area contributed by atoms with Crippen molar-refractivity contribution >= 4 is 33.4 Å². The molecule has 0 aliphatic heterocycles. The predicted octanol–water partition coefficient (Wildman–Crippen LogP) is 8.54. The van der Waals surface area contributed by atoms with Gasteiger partial charge in [-0.1, -0.05) is 18.2 Å². The standard InChI is InChI=1S/C27H14BrF12N3O2/c1-42-22(45)16-7-3-6-14(11-41)19(16)12-4-2-5-13(8-12)21(44)43-20-17(24(30,31)32)9-15(10-18(20)28)23(29,26(35,36)37)25(33,34)27(38,39)40/h2-10H,1H3,(H,42,45)(H,43,44). The zero-order chi connectivity index (χ0) is 34.3.